The molecule has 1 amide bonds. The minimum absolute atomic E-state index is 0.00848. The van der Waals surface area contributed by atoms with Crippen LogP contribution < -0.4 is 4.90 Å². The Morgan fingerprint density at radius 2 is 1.79 bits per heavy atom. The van der Waals surface area contributed by atoms with E-state index in [1.54, 1.807) is 9.58 Å². The van der Waals surface area contributed by atoms with E-state index in [1.807, 2.05) is 50.2 Å². The summed E-state index contributed by atoms with van der Waals surface area (Å²) in [7, 11) is 1.91. The van der Waals surface area contributed by atoms with Crippen molar-refractivity contribution < 1.29 is 9.53 Å². The molecule has 0 aliphatic carbocycles. The second-order valence-electron chi connectivity index (χ2n) is 7.48. The molecule has 8 nitrogen and oxygen atoms in total. The minimum Gasteiger partial charge on any atom is -0.446 e. The number of hydrogen-bond donors (Lipinski definition) is 0. The van der Waals surface area contributed by atoms with Gasteiger partial charge in [0, 0.05) is 56.7 Å². The molecule has 4 rings (SSSR count). The smallest absolute Gasteiger partial charge is 0.410 e. The summed E-state index contributed by atoms with van der Waals surface area (Å²) in [5, 5.41) is 8.78. The van der Waals surface area contributed by atoms with Crippen LogP contribution in [-0.4, -0.2) is 62.7 Å². The van der Waals surface area contributed by atoms with Gasteiger partial charge < -0.3 is 14.5 Å². The Bertz CT molecular complexity index is 982. The number of pyridine rings is 1. The molecule has 8 heteroatoms. The monoisotopic (exact) mass is 396 g/mol. The third-order valence-corrected chi connectivity index (χ3v) is 5.59. The molecule has 0 spiro atoms. The summed E-state index contributed by atoms with van der Waals surface area (Å²) in [6.45, 7) is 6.94. The second-order valence-corrected chi connectivity index (χ2v) is 7.48. The first-order chi connectivity index (χ1) is 14.1. The van der Waals surface area contributed by atoms with Crippen LogP contribution in [0.5, 0.6) is 0 Å². The number of carbonyl (C=O) groups excluding carboxylic acids is 1. The molecule has 4 heterocycles. The van der Waals surface area contributed by atoms with Crippen LogP contribution in [0.15, 0.2) is 36.9 Å². The van der Waals surface area contributed by atoms with E-state index in [0.717, 1.165) is 48.3 Å². The number of piperazine rings is 1. The number of amides is 1. The summed E-state index contributed by atoms with van der Waals surface area (Å²) in [6.07, 6.45) is 9.29. The Morgan fingerprint density at radius 1 is 1.03 bits per heavy atom. The van der Waals surface area contributed by atoms with Gasteiger partial charge in [-0.2, -0.15) is 10.2 Å². The Hall–Kier alpha value is -3.03. The molecule has 1 aliphatic rings. The van der Waals surface area contributed by atoms with Crippen molar-refractivity contribution in [3.05, 3.63) is 36.9 Å². The average Bonchev–Trinajstić information content (AvgIpc) is 3.37. The highest BCUT2D eigenvalue weighted by atomic mass is 16.6. The maximum atomic E-state index is 12.4. The number of aromatic nitrogens is 4. The van der Waals surface area contributed by atoms with Crippen molar-refractivity contribution in [1.29, 1.82) is 0 Å². The van der Waals surface area contributed by atoms with E-state index in [4.69, 9.17) is 4.74 Å². The van der Waals surface area contributed by atoms with E-state index in [9.17, 15) is 4.79 Å². The molecule has 1 aliphatic heterocycles. The molecule has 0 bridgehead atoms. The summed E-state index contributed by atoms with van der Waals surface area (Å²) >= 11 is 0. The van der Waals surface area contributed by atoms with Gasteiger partial charge in [0.25, 0.3) is 0 Å². The van der Waals surface area contributed by atoms with Crippen LogP contribution in [0, 0.1) is 0 Å². The van der Waals surface area contributed by atoms with Crippen molar-refractivity contribution in [2.75, 3.05) is 31.1 Å². The van der Waals surface area contributed by atoms with Crippen LogP contribution in [-0.2, 0) is 11.8 Å². The fourth-order valence-corrected chi connectivity index (χ4v) is 3.76. The highest BCUT2D eigenvalue weighted by Crippen LogP contribution is 2.26. The standard InChI is InChI=1S/C21H28N6O2/c1-4-18(5-2)29-21(28)26-10-8-25(9-11-26)20-13-23-27-15-16(6-7-19(20)27)17-12-22-24(3)14-17/h6-7,12-15,18H,4-5,8-11H2,1-3H3. The Labute approximate surface area is 170 Å². The van der Waals surface area contributed by atoms with E-state index < -0.39 is 0 Å². The molecular weight excluding hydrogens is 368 g/mol. The topological polar surface area (TPSA) is 67.9 Å². The van der Waals surface area contributed by atoms with Crippen molar-refractivity contribution in [2.24, 2.45) is 7.05 Å². The third kappa shape index (κ3) is 3.92. The first-order valence-corrected chi connectivity index (χ1v) is 10.3. The first kappa shape index (κ1) is 19.3. The predicted molar refractivity (Wildman–Crippen MR) is 112 cm³/mol. The summed E-state index contributed by atoms with van der Waals surface area (Å²) in [5.41, 5.74) is 4.30. The van der Waals surface area contributed by atoms with Crippen molar-refractivity contribution in [3.8, 4) is 11.1 Å². The van der Waals surface area contributed by atoms with E-state index in [-0.39, 0.29) is 12.2 Å². The molecule has 0 radical (unpaired) electrons. The molecule has 1 fully saturated rings. The van der Waals surface area contributed by atoms with Crippen molar-refractivity contribution in [3.63, 3.8) is 0 Å². The quantitative estimate of drug-likeness (QED) is 0.663. The fraction of sp³-hybridized carbons (Fsp3) is 0.476. The zero-order valence-corrected chi connectivity index (χ0v) is 17.3. The average molecular weight is 396 g/mol. The lowest BCUT2D eigenvalue weighted by atomic mass is 10.1. The molecule has 29 heavy (non-hydrogen) atoms. The van der Waals surface area contributed by atoms with Gasteiger partial charge in [0.1, 0.15) is 6.10 Å². The van der Waals surface area contributed by atoms with Crippen LogP contribution in [0.3, 0.4) is 0 Å². The molecule has 0 saturated carbocycles. The molecule has 1 saturated heterocycles. The number of rotatable bonds is 5. The van der Waals surface area contributed by atoms with Gasteiger partial charge in [-0.15, -0.1) is 0 Å². The van der Waals surface area contributed by atoms with Crippen molar-refractivity contribution in [1.82, 2.24) is 24.3 Å². The van der Waals surface area contributed by atoms with Gasteiger partial charge in [0.2, 0.25) is 0 Å². The number of anilines is 1. The lowest BCUT2D eigenvalue weighted by molar-refractivity contribution is 0.0578. The number of ether oxygens (including phenoxy) is 1. The van der Waals surface area contributed by atoms with Crippen LogP contribution in [0.25, 0.3) is 16.6 Å². The number of fused-ring (bicyclic) bond motifs is 1. The summed E-state index contributed by atoms with van der Waals surface area (Å²) in [5.74, 6) is 0. The second kappa shape index (κ2) is 8.14. The molecule has 3 aromatic rings. The Kier molecular flexibility index (Phi) is 5.42. The molecule has 0 N–H and O–H groups in total. The summed E-state index contributed by atoms with van der Waals surface area (Å²) < 4.78 is 9.29. The lowest BCUT2D eigenvalue weighted by Gasteiger charge is -2.35. The van der Waals surface area contributed by atoms with Gasteiger partial charge in [-0.05, 0) is 18.9 Å². The lowest BCUT2D eigenvalue weighted by Crippen LogP contribution is -2.49. The number of carbonyl (C=O) groups is 1. The Morgan fingerprint density at radius 3 is 2.45 bits per heavy atom. The van der Waals surface area contributed by atoms with Crippen LogP contribution in [0.4, 0.5) is 10.5 Å². The summed E-state index contributed by atoms with van der Waals surface area (Å²) in [4.78, 5) is 16.5. The maximum Gasteiger partial charge on any atom is 0.410 e. The van der Waals surface area contributed by atoms with Crippen LogP contribution in [0.2, 0.25) is 0 Å². The SMILES string of the molecule is CCC(CC)OC(=O)N1CCN(c2cnn3cc(-c4cnn(C)c4)ccc23)CC1. The molecular formula is C21H28N6O2. The van der Waals surface area contributed by atoms with Crippen LogP contribution in [0.1, 0.15) is 26.7 Å². The van der Waals surface area contributed by atoms with E-state index in [2.05, 4.69) is 27.2 Å². The normalized spacial score (nSPS) is 14.8. The zero-order valence-electron chi connectivity index (χ0n) is 17.3. The number of hydrogen-bond acceptors (Lipinski definition) is 5. The van der Waals surface area contributed by atoms with Gasteiger partial charge >= 0.3 is 6.09 Å². The highest BCUT2D eigenvalue weighted by molar-refractivity contribution is 5.76. The van der Waals surface area contributed by atoms with E-state index in [1.165, 1.54) is 0 Å². The first-order valence-electron chi connectivity index (χ1n) is 10.3. The van der Waals surface area contributed by atoms with Crippen molar-refractivity contribution in [2.45, 2.75) is 32.8 Å². The predicted octanol–water partition coefficient (Wildman–Crippen LogP) is 3.18. The largest absolute Gasteiger partial charge is 0.446 e. The van der Waals surface area contributed by atoms with Gasteiger partial charge in [0.05, 0.1) is 23.6 Å². The molecule has 0 atom stereocenters. The van der Waals surface area contributed by atoms with Gasteiger partial charge in [-0.1, -0.05) is 19.9 Å². The van der Waals surface area contributed by atoms with Gasteiger partial charge in [-0.3, -0.25) is 4.68 Å². The summed E-state index contributed by atoms with van der Waals surface area (Å²) in [6, 6.07) is 4.19. The molecule has 0 aromatic carbocycles. The number of nitrogens with zero attached hydrogens (tertiary/aromatic N) is 6. The third-order valence-electron chi connectivity index (χ3n) is 5.59. The highest BCUT2D eigenvalue weighted by Gasteiger charge is 2.25. The van der Waals surface area contributed by atoms with Gasteiger partial charge in [0.15, 0.2) is 0 Å². The van der Waals surface area contributed by atoms with E-state index in [0.29, 0.717) is 13.1 Å². The van der Waals surface area contributed by atoms with Gasteiger partial charge in [-0.25, -0.2) is 9.31 Å². The minimum atomic E-state index is -0.195. The molecule has 3 aromatic heterocycles. The van der Waals surface area contributed by atoms with Crippen molar-refractivity contribution >= 4 is 17.3 Å². The molecule has 154 valence electrons. The zero-order chi connectivity index (χ0) is 20.4. The van der Waals surface area contributed by atoms with Crippen LogP contribution >= 0.6 is 0 Å². The Balaban J connectivity index is 1.44. The molecule has 0 unspecified atom stereocenters. The maximum absolute atomic E-state index is 12.4. The number of aryl methyl sites for hydroxylation is 1. The fourth-order valence-electron chi connectivity index (χ4n) is 3.76. The van der Waals surface area contributed by atoms with E-state index >= 15 is 0 Å².